The number of ether oxygens (including phenoxy) is 1. The molecule has 2 aromatic rings. The molecule has 1 aromatic heterocycles. The van der Waals surface area contributed by atoms with Gasteiger partial charge < -0.3 is 14.6 Å². The van der Waals surface area contributed by atoms with E-state index in [9.17, 15) is 0 Å². The highest BCUT2D eigenvalue weighted by Gasteiger charge is 2.11. The first kappa shape index (κ1) is 15.1. The lowest BCUT2D eigenvalue weighted by molar-refractivity contribution is 0.293. The van der Waals surface area contributed by atoms with Crippen LogP contribution in [0.4, 0.5) is 0 Å². The van der Waals surface area contributed by atoms with Gasteiger partial charge in [-0.15, -0.1) is 0 Å². The highest BCUT2D eigenvalue weighted by atomic mass is 79.9. The number of rotatable bonds is 7. The molecule has 0 spiro atoms. The third kappa shape index (κ3) is 4.08. The van der Waals surface area contributed by atoms with Crippen molar-refractivity contribution in [1.82, 2.24) is 14.9 Å². The van der Waals surface area contributed by atoms with E-state index in [1.165, 1.54) is 5.56 Å². The molecule has 2 rings (SSSR count). The van der Waals surface area contributed by atoms with Crippen molar-refractivity contribution in [1.29, 1.82) is 0 Å². The van der Waals surface area contributed by atoms with Crippen molar-refractivity contribution in [2.24, 2.45) is 0 Å². The van der Waals surface area contributed by atoms with Gasteiger partial charge in [-0.2, -0.15) is 0 Å². The van der Waals surface area contributed by atoms with Crippen molar-refractivity contribution in [2.75, 3.05) is 13.2 Å². The van der Waals surface area contributed by atoms with Crippen LogP contribution in [-0.2, 0) is 6.54 Å². The monoisotopic (exact) mass is 337 g/mol. The van der Waals surface area contributed by atoms with Gasteiger partial charge in [-0.25, -0.2) is 4.98 Å². The first-order valence-electron chi connectivity index (χ1n) is 6.82. The maximum Gasteiger partial charge on any atom is 0.124 e. The Kier molecular flexibility index (Phi) is 5.61. The average molecular weight is 338 g/mol. The first-order valence-corrected chi connectivity index (χ1v) is 7.61. The van der Waals surface area contributed by atoms with E-state index in [1.807, 2.05) is 22.9 Å². The minimum absolute atomic E-state index is 0.265. The van der Waals surface area contributed by atoms with Gasteiger partial charge in [0.2, 0.25) is 0 Å². The van der Waals surface area contributed by atoms with E-state index in [0.717, 1.165) is 23.3 Å². The van der Waals surface area contributed by atoms with Crippen LogP contribution in [0.15, 0.2) is 41.4 Å². The largest absolute Gasteiger partial charge is 0.491 e. The number of imidazole rings is 1. The Morgan fingerprint density at radius 3 is 3.00 bits per heavy atom. The Hall–Kier alpha value is -1.33. The number of hydrogen-bond donors (Lipinski definition) is 1. The van der Waals surface area contributed by atoms with Gasteiger partial charge in [0, 0.05) is 28.5 Å². The summed E-state index contributed by atoms with van der Waals surface area (Å²) in [7, 11) is 0. The summed E-state index contributed by atoms with van der Waals surface area (Å²) in [5.74, 6) is 0.932. The van der Waals surface area contributed by atoms with Crippen LogP contribution in [-0.4, -0.2) is 22.7 Å². The minimum atomic E-state index is 0.265. The minimum Gasteiger partial charge on any atom is -0.491 e. The summed E-state index contributed by atoms with van der Waals surface area (Å²) in [6, 6.07) is 6.40. The van der Waals surface area contributed by atoms with Crippen molar-refractivity contribution < 1.29 is 4.74 Å². The van der Waals surface area contributed by atoms with Gasteiger partial charge in [0.15, 0.2) is 0 Å². The Balaban J connectivity index is 2.02. The molecule has 0 saturated heterocycles. The summed E-state index contributed by atoms with van der Waals surface area (Å²) in [6.45, 7) is 6.61. The standard InChI is InChI=1S/C15H20BrN3O/c1-3-18-12(2)14-10-13(16)4-5-15(14)20-9-8-19-7-6-17-11-19/h4-7,10-12,18H,3,8-9H2,1-2H3. The zero-order valence-corrected chi connectivity index (χ0v) is 13.4. The summed E-state index contributed by atoms with van der Waals surface area (Å²) in [6.07, 6.45) is 5.51. The van der Waals surface area contributed by atoms with Gasteiger partial charge in [0.1, 0.15) is 12.4 Å². The van der Waals surface area contributed by atoms with Crippen LogP contribution in [0.1, 0.15) is 25.5 Å². The van der Waals surface area contributed by atoms with Gasteiger partial charge in [-0.05, 0) is 31.7 Å². The molecule has 0 radical (unpaired) electrons. The molecule has 5 heteroatoms. The number of nitrogens with one attached hydrogen (secondary N) is 1. The molecule has 20 heavy (non-hydrogen) atoms. The number of benzene rings is 1. The normalized spacial score (nSPS) is 12.3. The van der Waals surface area contributed by atoms with Crippen molar-refractivity contribution >= 4 is 15.9 Å². The summed E-state index contributed by atoms with van der Waals surface area (Å²) in [5, 5.41) is 3.42. The third-order valence-electron chi connectivity index (χ3n) is 3.11. The zero-order valence-electron chi connectivity index (χ0n) is 11.8. The summed E-state index contributed by atoms with van der Waals surface area (Å²) >= 11 is 3.52. The van der Waals surface area contributed by atoms with Gasteiger partial charge >= 0.3 is 0 Å². The van der Waals surface area contributed by atoms with E-state index in [-0.39, 0.29) is 6.04 Å². The molecule has 0 aliphatic heterocycles. The molecule has 1 N–H and O–H groups in total. The van der Waals surface area contributed by atoms with Crippen molar-refractivity contribution in [2.45, 2.75) is 26.4 Å². The van der Waals surface area contributed by atoms with E-state index in [4.69, 9.17) is 4.74 Å². The number of hydrogen-bond acceptors (Lipinski definition) is 3. The third-order valence-corrected chi connectivity index (χ3v) is 3.61. The molecule has 1 atom stereocenters. The van der Waals surface area contributed by atoms with E-state index in [2.05, 4.69) is 46.1 Å². The lowest BCUT2D eigenvalue weighted by atomic mass is 10.1. The van der Waals surface area contributed by atoms with Crippen LogP contribution in [0.3, 0.4) is 0 Å². The van der Waals surface area contributed by atoms with Crippen LogP contribution in [0.25, 0.3) is 0 Å². The van der Waals surface area contributed by atoms with Gasteiger partial charge in [0.05, 0.1) is 12.9 Å². The lowest BCUT2D eigenvalue weighted by Gasteiger charge is -2.18. The molecule has 108 valence electrons. The molecule has 1 heterocycles. The second-order valence-corrected chi connectivity index (χ2v) is 5.53. The van der Waals surface area contributed by atoms with Gasteiger partial charge in [-0.3, -0.25) is 0 Å². The molecular formula is C15H20BrN3O. The summed E-state index contributed by atoms with van der Waals surface area (Å²) in [5.41, 5.74) is 1.17. The Morgan fingerprint density at radius 1 is 1.45 bits per heavy atom. The van der Waals surface area contributed by atoms with Crippen LogP contribution >= 0.6 is 15.9 Å². The molecule has 0 aliphatic rings. The molecule has 4 nitrogen and oxygen atoms in total. The fourth-order valence-electron chi connectivity index (χ4n) is 2.09. The predicted octanol–water partition coefficient (Wildman–Crippen LogP) is 3.40. The highest BCUT2D eigenvalue weighted by Crippen LogP contribution is 2.28. The van der Waals surface area contributed by atoms with Gasteiger partial charge in [0.25, 0.3) is 0 Å². The van der Waals surface area contributed by atoms with Crippen LogP contribution < -0.4 is 10.1 Å². The topological polar surface area (TPSA) is 39.1 Å². The van der Waals surface area contributed by atoms with Gasteiger partial charge in [-0.1, -0.05) is 22.9 Å². The summed E-state index contributed by atoms with van der Waals surface area (Å²) in [4.78, 5) is 4.02. The molecule has 0 bridgehead atoms. The molecule has 1 aromatic carbocycles. The second kappa shape index (κ2) is 7.45. The molecular weight excluding hydrogens is 318 g/mol. The van der Waals surface area contributed by atoms with E-state index >= 15 is 0 Å². The Morgan fingerprint density at radius 2 is 2.30 bits per heavy atom. The fraction of sp³-hybridized carbons (Fsp3) is 0.400. The van der Waals surface area contributed by atoms with E-state index < -0.39 is 0 Å². The lowest BCUT2D eigenvalue weighted by Crippen LogP contribution is -2.19. The smallest absolute Gasteiger partial charge is 0.124 e. The zero-order chi connectivity index (χ0) is 14.4. The highest BCUT2D eigenvalue weighted by molar-refractivity contribution is 9.10. The van der Waals surface area contributed by atoms with E-state index in [0.29, 0.717) is 6.61 Å². The quantitative estimate of drug-likeness (QED) is 0.841. The van der Waals surface area contributed by atoms with Crippen molar-refractivity contribution in [3.05, 3.63) is 47.0 Å². The average Bonchev–Trinajstić information content (AvgIpc) is 2.94. The molecule has 0 amide bonds. The number of halogens is 1. The molecule has 1 unspecified atom stereocenters. The first-order chi connectivity index (χ1) is 9.70. The predicted molar refractivity (Wildman–Crippen MR) is 84.0 cm³/mol. The van der Waals surface area contributed by atoms with Crippen molar-refractivity contribution in [3.8, 4) is 5.75 Å². The van der Waals surface area contributed by atoms with Crippen LogP contribution in [0, 0.1) is 0 Å². The maximum atomic E-state index is 5.92. The summed E-state index contributed by atoms with van der Waals surface area (Å²) < 4.78 is 9.00. The molecule has 0 fully saturated rings. The van der Waals surface area contributed by atoms with Crippen LogP contribution in [0.5, 0.6) is 5.75 Å². The molecule has 0 saturated carbocycles. The maximum absolute atomic E-state index is 5.92. The Bertz CT molecular complexity index is 528. The molecule has 0 aliphatic carbocycles. The number of nitrogens with zero attached hydrogens (tertiary/aromatic N) is 2. The van der Waals surface area contributed by atoms with Crippen molar-refractivity contribution in [3.63, 3.8) is 0 Å². The Labute approximate surface area is 128 Å². The second-order valence-electron chi connectivity index (χ2n) is 4.61. The number of aromatic nitrogens is 2. The van der Waals surface area contributed by atoms with Crippen LogP contribution in [0.2, 0.25) is 0 Å². The SMILES string of the molecule is CCNC(C)c1cc(Br)ccc1OCCn1ccnc1. The van der Waals surface area contributed by atoms with E-state index in [1.54, 1.807) is 12.5 Å². The fourth-order valence-corrected chi connectivity index (χ4v) is 2.46.